The van der Waals surface area contributed by atoms with Gasteiger partial charge in [0.2, 0.25) is 0 Å². The summed E-state index contributed by atoms with van der Waals surface area (Å²) in [6.07, 6.45) is 2.43. The third kappa shape index (κ3) is 8.78. The highest BCUT2D eigenvalue weighted by atomic mass is 35.5. The van der Waals surface area contributed by atoms with Crippen LogP contribution in [0, 0.1) is 0 Å². The number of fused-ring (bicyclic) bond motifs is 6. The van der Waals surface area contributed by atoms with E-state index >= 15 is 0 Å². The highest BCUT2D eigenvalue weighted by molar-refractivity contribution is 6.17. The number of quaternary nitrogens is 1. The molecule has 2 aromatic carbocycles. The number of halogens is 1. The molecule has 0 amide bonds. The minimum Gasteiger partial charge on any atom is -0.317 e. The van der Waals surface area contributed by atoms with Crippen LogP contribution in [0.25, 0.3) is 0 Å². The van der Waals surface area contributed by atoms with Gasteiger partial charge in [0.1, 0.15) is 6.54 Å². The maximum absolute atomic E-state index is 5.69. The van der Waals surface area contributed by atoms with E-state index < -0.39 is 0 Å². The van der Waals surface area contributed by atoms with E-state index in [1.54, 1.807) is 0 Å². The molecule has 6 aliphatic rings. The first kappa shape index (κ1) is 30.5. The van der Waals surface area contributed by atoms with Crippen molar-refractivity contribution in [2.45, 2.75) is 64.8 Å². The van der Waals surface area contributed by atoms with Gasteiger partial charge in [-0.25, -0.2) is 0 Å². The summed E-state index contributed by atoms with van der Waals surface area (Å²) in [5, 5.41) is 0. The Morgan fingerprint density at radius 2 is 0.949 bits per heavy atom. The molecule has 6 fully saturated rings. The quantitative estimate of drug-likeness (QED) is 0.290. The second-order valence-corrected chi connectivity index (χ2v) is 12.7. The van der Waals surface area contributed by atoms with Gasteiger partial charge in [-0.05, 0) is 41.4 Å². The van der Waals surface area contributed by atoms with Gasteiger partial charge in [0.25, 0.3) is 0 Å². The van der Waals surface area contributed by atoms with E-state index in [-0.39, 0.29) is 0 Å². The van der Waals surface area contributed by atoms with Crippen LogP contribution in [0.1, 0.15) is 74.6 Å². The zero-order valence-corrected chi connectivity index (χ0v) is 26.0. The Hall–Kier alpha value is -1.43. The van der Waals surface area contributed by atoms with Crippen molar-refractivity contribution in [1.82, 2.24) is 14.7 Å². The van der Waals surface area contributed by atoms with Crippen LogP contribution >= 0.6 is 11.6 Å². The van der Waals surface area contributed by atoms with Crippen molar-refractivity contribution in [1.29, 1.82) is 0 Å². The van der Waals surface area contributed by atoms with Crippen molar-refractivity contribution in [3.05, 3.63) is 70.8 Å². The summed E-state index contributed by atoms with van der Waals surface area (Å²) >= 11 is 5.69. The van der Waals surface area contributed by atoms with E-state index in [4.69, 9.17) is 11.6 Å². The minimum atomic E-state index is 0.612. The number of hydrogen-bond acceptors (Lipinski definition) is 3. The molecule has 2 aromatic rings. The van der Waals surface area contributed by atoms with E-state index in [0.29, 0.717) is 17.7 Å². The molecule has 216 valence electrons. The third-order valence-electron chi connectivity index (χ3n) is 9.86. The van der Waals surface area contributed by atoms with Crippen LogP contribution in [0.5, 0.6) is 0 Å². The largest absolute Gasteiger partial charge is 0.317 e. The van der Waals surface area contributed by atoms with Crippen molar-refractivity contribution in [2.75, 3.05) is 78.5 Å². The number of nitrogens with zero attached hydrogens (tertiary/aromatic N) is 4. The smallest absolute Gasteiger partial charge is 0.104 e. The minimum absolute atomic E-state index is 0.612. The van der Waals surface area contributed by atoms with Crippen LogP contribution in [0.3, 0.4) is 0 Å². The van der Waals surface area contributed by atoms with Crippen molar-refractivity contribution in [3.63, 3.8) is 0 Å². The van der Waals surface area contributed by atoms with Crippen LogP contribution in [-0.2, 0) is 12.4 Å². The van der Waals surface area contributed by atoms with Gasteiger partial charge in [-0.3, -0.25) is 14.7 Å². The molecule has 0 spiro atoms. The molecular formula is C34H54ClN4+. The van der Waals surface area contributed by atoms with Gasteiger partial charge < -0.3 is 4.48 Å². The van der Waals surface area contributed by atoms with E-state index in [9.17, 15) is 0 Å². The van der Waals surface area contributed by atoms with E-state index in [1.165, 1.54) is 125 Å². The summed E-state index contributed by atoms with van der Waals surface area (Å²) in [6.45, 7) is 26.2. The fourth-order valence-electron chi connectivity index (χ4n) is 6.23. The molecule has 2 unspecified atom stereocenters. The molecule has 39 heavy (non-hydrogen) atoms. The van der Waals surface area contributed by atoms with Gasteiger partial charge >= 0.3 is 0 Å². The highest BCUT2D eigenvalue weighted by Gasteiger charge is 2.38. The summed E-state index contributed by atoms with van der Waals surface area (Å²) in [5.74, 6) is 1.97. The number of hydrogen-bond donors (Lipinski definition) is 0. The molecule has 6 heterocycles. The zero-order valence-electron chi connectivity index (χ0n) is 25.3. The van der Waals surface area contributed by atoms with Crippen LogP contribution in [0.2, 0.25) is 0 Å². The first-order valence-corrected chi connectivity index (χ1v) is 16.2. The van der Waals surface area contributed by atoms with Crippen molar-refractivity contribution in [3.8, 4) is 0 Å². The average molecular weight is 554 g/mol. The van der Waals surface area contributed by atoms with Gasteiger partial charge in [-0.1, -0.05) is 76.2 Å². The Bertz CT molecular complexity index is 923. The van der Waals surface area contributed by atoms with Gasteiger partial charge in [0, 0.05) is 70.3 Å². The molecule has 2 atom stereocenters. The molecule has 0 saturated carbocycles. The lowest BCUT2D eigenvalue weighted by Crippen LogP contribution is -2.66. The van der Waals surface area contributed by atoms with Crippen molar-refractivity contribution >= 4 is 11.6 Å². The predicted octanol–water partition coefficient (Wildman–Crippen LogP) is 6.40. The maximum Gasteiger partial charge on any atom is 0.104 e. The Morgan fingerprint density at radius 3 is 1.28 bits per heavy atom. The maximum atomic E-state index is 5.69. The first-order valence-electron chi connectivity index (χ1n) is 15.7. The lowest BCUT2D eigenvalue weighted by atomic mass is 9.97. The molecule has 0 N–H and O–H groups in total. The summed E-state index contributed by atoms with van der Waals surface area (Å²) in [4.78, 5) is 7.70. The number of alkyl halides is 1. The van der Waals surface area contributed by atoms with Crippen molar-refractivity contribution in [2.24, 2.45) is 0 Å². The highest BCUT2D eigenvalue weighted by Crippen LogP contribution is 2.25. The van der Waals surface area contributed by atoms with Gasteiger partial charge in [0.15, 0.2) is 0 Å². The van der Waals surface area contributed by atoms with Crippen LogP contribution < -0.4 is 0 Å². The molecule has 0 aliphatic carbocycles. The fraction of sp³-hybridized carbons (Fsp3) is 0.647. The van der Waals surface area contributed by atoms with E-state index in [2.05, 4.69) is 90.9 Å². The van der Waals surface area contributed by atoms with Crippen LogP contribution in [-0.4, -0.2) is 97.7 Å². The zero-order chi connectivity index (χ0) is 27.7. The van der Waals surface area contributed by atoms with E-state index in [1.807, 2.05) is 0 Å². The number of piperazine rings is 6. The molecule has 5 heteroatoms. The van der Waals surface area contributed by atoms with Crippen LogP contribution in [0.15, 0.2) is 48.5 Å². The van der Waals surface area contributed by atoms with Gasteiger partial charge in [-0.2, -0.15) is 0 Å². The number of rotatable bonds is 7. The average Bonchev–Trinajstić information content (AvgIpc) is 3.03. The van der Waals surface area contributed by atoms with Crippen LogP contribution in [0.4, 0.5) is 0 Å². The van der Waals surface area contributed by atoms with Gasteiger partial charge in [-0.15, -0.1) is 11.6 Å². The molecule has 0 radical (unpaired) electrons. The molecule has 4 bridgehead atoms. The summed E-state index contributed by atoms with van der Waals surface area (Å²) in [7, 11) is 0. The summed E-state index contributed by atoms with van der Waals surface area (Å²) in [6, 6.07) is 18.0. The van der Waals surface area contributed by atoms with Gasteiger partial charge in [0.05, 0.1) is 19.6 Å². The Kier molecular flexibility index (Phi) is 11.7. The Balaban J connectivity index is 0.000000150. The topological polar surface area (TPSA) is 9.72 Å². The standard InChI is InChI=1S/C17H27N2.C11H15Cl.C6H12N2/c1-3-15(2)17-6-4-16(5-7-17)14-19-11-8-18(9-12-19)10-13-19;1-3-9(2)11-6-4-10(8-12)5-7-11;1-2-8-5-3-7(1)4-6-8/h4-7,15H,3,8-14H2,1-2H3;4-7,9H,3,8H2,1-2H3;1-6H2/q+1;;. The molecule has 8 rings (SSSR count). The number of benzene rings is 2. The molecule has 6 aliphatic heterocycles. The predicted molar refractivity (Wildman–Crippen MR) is 168 cm³/mol. The lowest BCUT2D eigenvalue weighted by Gasteiger charge is -2.50. The fourth-order valence-corrected chi connectivity index (χ4v) is 6.41. The summed E-state index contributed by atoms with van der Waals surface area (Å²) in [5.41, 5.74) is 5.63. The molecule has 6 saturated heterocycles. The SMILES string of the molecule is C1CN2CCN1CC2.CCC(C)c1ccc(CCl)cc1.CCC(C)c1ccc(C[N+]23CCN(CC2)CC3)cc1. The second-order valence-electron chi connectivity index (χ2n) is 12.4. The first-order chi connectivity index (χ1) is 18.9. The third-order valence-corrected chi connectivity index (χ3v) is 10.2. The Labute approximate surface area is 244 Å². The molecule has 4 nitrogen and oxygen atoms in total. The second kappa shape index (κ2) is 15.0. The van der Waals surface area contributed by atoms with Crippen molar-refractivity contribution < 1.29 is 4.48 Å². The Morgan fingerprint density at radius 1 is 0.590 bits per heavy atom. The monoisotopic (exact) mass is 553 g/mol. The molecular weight excluding hydrogens is 500 g/mol. The lowest BCUT2D eigenvalue weighted by molar-refractivity contribution is -0.953. The molecule has 0 aromatic heterocycles. The van der Waals surface area contributed by atoms with E-state index in [0.717, 1.165) is 0 Å². The summed E-state index contributed by atoms with van der Waals surface area (Å²) < 4.78 is 1.33. The normalized spacial score (nSPS) is 28.5.